The average Bonchev–Trinajstić information content (AvgIpc) is 2.46. The van der Waals surface area contributed by atoms with Gasteiger partial charge in [0.15, 0.2) is 0 Å². The average molecular weight is 344 g/mol. The van der Waals surface area contributed by atoms with Gasteiger partial charge in [0.2, 0.25) is 0 Å². The first-order chi connectivity index (χ1) is 10.1. The molecule has 0 aliphatic heterocycles. The van der Waals surface area contributed by atoms with E-state index in [1.165, 1.54) is 5.56 Å². The van der Waals surface area contributed by atoms with E-state index < -0.39 is 0 Å². The highest BCUT2D eigenvalue weighted by molar-refractivity contribution is 6.34. The molecule has 0 fully saturated rings. The largest absolute Gasteiger partial charge is 0.308 e. The molecular formula is C16H17Cl3N2. The molecule has 0 amide bonds. The molecule has 1 N–H and O–H groups in total. The summed E-state index contributed by atoms with van der Waals surface area (Å²) in [7, 11) is 0. The summed E-state index contributed by atoms with van der Waals surface area (Å²) in [6, 6.07) is 9.61. The van der Waals surface area contributed by atoms with Gasteiger partial charge in [0, 0.05) is 11.2 Å². The quantitative estimate of drug-likeness (QED) is 0.767. The summed E-state index contributed by atoms with van der Waals surface area (Å²) in [5, 5.41) is 5.36. The Morgan fingerprint density at radius 1 is 1.10 bits per heavy atom. The van der Waals surface area contributed by atoms with Gasteiger partial charge in [-0.25, -0.2) is 0 Å². The van der Waals surface area contributed by atoms with Crippen LogP contribution in [-0.2, 0) is 6.42 Å². The van der Waals surface area contributed by atoms with E-state index in [0.717, 1.165) is 30.1 Å². The number of benzene rings is 1. The summed E-state index contributed by atoms with van der Waals surface area (Å²) < 4.78 is 0. The molecule has 1 unspecified atom stereocenters. The first-order valence-electron chi connectivity index (χ1n) is 6.89. The summed E-state index contributed by atoms with van der Waals surface area (Å²) in [6.45, 7) is 3.03. The van der Waals surface area contributed by atoms with E-state index in [9.17, 15) is 0 Å². The van der Waals surface area contributed by atoms with E-state index in [4.69, 9.17) is 34.8 Å². The van der Waals surface area contributed by atoms with E-state index in [1.807, 2.05) is 24.3 Å². The number of aromatic nitrogens is 1. The van der Waals surface area contributed by atoms with Gasteiger partial charge in [-0.15, -0.1) is 0 Å². The van der Waals surface area contributed by atoms with Crippen molar-refractivity contribution < 1.29 is 0 Å². The summed E-state index contributed by atoms with van der Waals surface area (Å²) in [5.74, 6) is 0. The SMILES string of the molecule is CCCNC(Cc1ccc(Cl)cc1)c1ncc(Cl)cc1Cl. The first kappa shape index (κ1) is 16.6. The van der Waals surface area contributed by atoms with Crippen molar-refractivity contribution in [3.63, 3.8) is 0 Å². The molecule has 0 aliphatic rings. The van der Waals surface area contributed by atoms with E-state index in [1.54, 1.807) is 12.3 Å². The second-order valence-electron chi connectivity index (χ2n) is 4.86. The Kier molecular flexibility index (Phi) is 6.31. The standard InChI is InChI=1S/C16H17Cl3N2/c1-2-7-20-15(8-11-3-5-12(17)6-4-11)16-14(19)9-13(18)10-21-16/h3-6,9-10,15,20H,2,7-8H2,1H3. The molecule has 1 aromatic carbocycles. The minimum Gasteiger partial charge on any atom is -0.308 e. The predicted molar refractivity (Wildman–Crippen MR) is 90.4 cm³/mol. The second-order valence-corrected chi connectivity index (χ2v) is 6.14. The monoisotopic (exact) mass is 342 g/mol. The molecule has 0 saturated heterocycles. The van der Waals surface area contributed by atoms with Gasteiger partial charge in [0.05, 0.1) is 21.8 Å². The molecule has 0 spiro atoms. The van der Waals surface area contributed by atoms with Gasteiger partial charge < -0.3 is 5.32 Å². The van der Waals surface area contributed by atoms with Gasteiger partial charge in [-0.2, -0.15) is 0 Å². The van der Waals surface area contributed by atoms with Crippen LogP contribution in [0.15, 0.2) is 36.5 Å². The topological polar surface area (TPSA) is 24.9 Å². The maximum Gasteiger partial charge on any atom is 0.0763 e. The molecule has 112 valence electrons. The van der Waals surface area contributed by atoms with Crippen LogP contribution in [0.3, 0.4) is 0 Å². The van der Waals surface area contributed by atoms with E-state index in [2.05, 4.69) is 17.2 Å². The van der Waals surface area contributed by atoms with Gasteiger partial charge in [0.1, 0.15) is 0 Å². The molecule has 2 aromatic rings. The molecule has 0 saturated carbocycles. The van der Waals surface area contributed by atoms with Crippen molar-refractivity contribution in [2.75, 3.05) is 6.54 Å². The Bertz CT molecular complexity index is 585. The van der Waals surface area contributed by atoms with E-state index >= 15 is 0 Å². The van der Waals surface area contributed by atoms with Crippen molar-refractivity contribution >= 4 is 34.8 Å². The van der Waals surface area contributed by atoms with Crippen LogP contribution in [0.25, 0.3) is 0 Å². The second kappa shape index (κ2) is 8.00. The smallest absolute Gasteiger partial charge is 0.0763 e. The number of nitrogens with one attached hydrogen (secondary N) is 1. The summed E-state index contributed by atoms with van der Waals surface area (Å²) in [6.07, 6.45) is 3.47. The maximum atomic E-state index is 6.29. The number of halogens is 3. The van der Waals surface area contributed by atoms with Crippen LogP contribution in [0.5, 0.6) is 0 Å². The fraction of sp³-hybridized carbons (Fsp3) is 0.312. The highest BCUT2D eigenvalue weighted by atomic mass is 35.5. The number of rotatable bonds is 6. The molecule has 0 radical (unpaired) electrons. The number of hydrogen-bond acceptors (Lipinski definition) is 2. The highest BCUT2D eigenvalue weighted by Gasteiger charge is 2.16. The van der Waals surface area contributed by atoms with Gasteiger partial charge in [-0.05, 0) is 43.1 Å². The van der Waals surface area contributed by atoms with Crippen LogP contribution in [0.2, 0.25) is 15.1 Å². The minimum atomic E-state index is 0.0518. The van der Waals surface area contributed by atoms with Gasteiger partial charge >= 0.3 is 0 Å². The lowest BCUT2D eigenvalue weighted by Crippen LogP contribution is -2.25. The zero-order valence-corrected chi connectivity index (χ0v) is 14.0. The molecule has 0 bridgehead atoms. The molecule has 2 nitrogen and oxygen atoms in total. The van der Waals surface area contributed by atoms with Crippen molar-refractivity contribution in [1.29, 1.82) is 0 Å². The molecule has 0 aliphatic carbocycles. The normalized spacial score (nSPS) is 12.4. The minimum absolute atomic E-state index is 0.0518. The Morgan fingerprint density at radius 2 is 1.81 bits per heavy atom. The summed E-state index contributed by atoms with van der Waals surface area (Å²) >= 11 is 18.1. The maximum absolute atomic E-state index is 6.29. The molecule has 2 rings (SSSR count). The number of pyridine rings is 1. The Labute approximate surface area is 140 Å². The molecule has 1 heterocycles. The van der Waals surface area contributed by atoms with E-state index in [-0.39, 0.29) is 6.04 Å². The summed E-state index contributed by atoms with van der Waals surface area (Å²) in [5.41, 5.74) is 2.00. The number of nitrogens with zero attached hydrogens (tertiary/aromatic N) is 1. The van der Waals surface area contributed by atoms with Crippen LogP contribution in [0.1, 0.15) is 30.6 Å². The fourth-order valence-electron chi connectivity index (χ4n) is 2.12. The van der Waals surface area contributed by atoms with E-state index in [0.29, 0.717) is 10.0 Å². The Morgan fingerprint density at radius 3 is 2.43 bits per heavy atom. The third-order valence-corrected chi connectivity index (χ3v) is 3.92. The third kappa shape index (κ3) is 4.86. The Hall–Kier alpha value is -0.800. The molecule has 5 heteroatoms. The van der Waals surface area contributed by atoms with Crippen molar-refractivity contribution in [1.82, 2.24) is 10.3 Å². The lowest BCUT2D eigenvalue weighted by molar-refractivity contribution is 0.518. The first-order valence-corrected chi connectivity index (χ1v) is 8.02. The van der Waals surface area contributed by atoms with Crippen LogP contribution >= 0.6 is 34.8 Å². The lowest BCUT2D eigenvalue weighted by atomic mass is 10.0. The van der Waals surface area contributed by atoms with Crippen molar-refractivity contribution in [3.8, 4) is 0 Å². The van der Waals surface area contributed by atoms with Gasteiger partial charge in [0.25, 0.3) is 0 Å². The zero-order chi connectivity index (χ0) is 15.2. The van der Waals surface area contributed by atoms with Crippen molar-refractivity contribution in [3.05, 3.63) is 62.9 Å². The molecule has 21 heavy (non-hydrogen) atoms. The lowest BCUT2D eigenvalue weighted by Gasteiger charge is -2.19. The fourth-order valence-corrected chi connectivity index (χ4v) is 2.76. The van der Waals surface area contributed by atoms with Crippen molar-refractivity contribution in [2.45, 2.75) is 25.8 Å². The van der Waals surface area contributed by atoms with Gasteiger partial charge in [-0.3, -0.25) is 4.98 Å². The summed E-state index contributed by atoms with van der Waals surface area (Å²) in [4.78, 5) is 4.39. The zero-order valence-electron chi connectivity index (χ0n) is 11.7. The molecular weight excluding hydrogens is 327 g/mol. The third-order valence-electron chi connectivity index (χ3n) is 3.16. The predicted octanol–water partition coefficient (Wildman–Crippen LogP) is 5.33. The number of hydrogen-bond donors (Lipinski definition) is 1. The molecule has 1 aromatic heterocycles. The molecule has 1 atom stereocenters. The Balaban J connectivity index is 2.22. The van der Waals surface area contributed by atoms with Gasteiger partial charge in [-0.1, -0.05) is 53.9 Å². The van der Waals surface area contributed by atoms with Crippen LogP contribution in [0.4, 0.5) is 0 Å². The van der Waals surface area contributed by atoms with Crippen LogP contribution < -0.4 is 5.32 Å². The van der Waals surface area contributed by atoms with Crippen LogP contribution in [-0.4, -0.2) is 11.5 Å². The highest BCUT2D eigenvalue weighted by Crippen LogP contribution is 2.26. The van der Waals surface area contributed by atoms with Crippen LogP contribution in [0, 0.1) is 0 Å². The van der Waals surface area contributed by atoms with Crippen molar-refractivity contribution in [2.24, 2.45) is 0 Å².